The second kappa shape index (κ2) is 9.46. The third kappa shape index (κ3) is 5.12. The average Bonchev–Trinajstić information content (AvgIpc) is 2.78. The van der Waals surface area contributed by atoms with E-state index in [1.165, 1.54) is 0 Å². The molecule has 0 saturated carbocycles. The van der Waals surface area contributed by atoms with Crippen LogP contribution in [0.5, 0.6) is 5.75 Å². The number of para-hydroxylation sites is 1. The van der Waals surface area contributed by atoms with Crippen LogP contribution < -0.4 is 15.0 Å². The van der Waals surface area contributed by atoms with Crippen molar-refractivity contribution >= 4 is 17.3 Å². The summed E-state index contributed by atoms with van der Waals surface area (Å²) in [6.45, 7) is 2.51. The monoisotopic (exact) mass is 451 g/mol. The molecule has 32 heavy (non-hydrogen) atoms. The number of carbonyl (C=O) groups is 1. The highest BCUT2D eigenvalue weighted by atomic mass is 19.4. The number of methoxy groups -OCH3 is 1. The molecular formula is C22H24F3N3O4. The molecule has 10 heteroatoms. The van der Waals surface area contributed by atoms with Gasteiger partial charge in [0.2, 0.25) is 5.91 Å². The number of anilines is 1. The molecule has 172 valence electrons. The second-order valence-corrected chi connectivity index (χ2v) is 7.69. The smallest absolute Gasteiger partial charge is 0.416 e. The summed E-state index contributed by atoms with van der Waals surface area (Å²) in [4.78, 5) is 25.0. The summed E-state index contributed by atoms with van der Waals surface area (Å²) >= 11 is 0. The molecule has 0 unspecified atom stereocenters. The lowest BCUT2D eigenvalue weighted by Gasteiger charge is -2.33. The molecule has 1 heterocycles. The first-order valence-corrected chi connectivity index (χ1v) is 10.2. The first-order chi connectivity index (χ1) is 15.1. The van der Waals surface area contributed by atoms with E-state index in [0.717, 1.165) is 17.7 Å². The Morgan fingerprint density at radius 1 is 1.22 bits per heavy atom. The Labute approximate surface area is 183 Å². The van der Waals surface area contributed by atoms with E-state index in [1.54, 1.807) is 12.0 Å². The predicted octanol–water partition coefficient (Wildman–Crippen LogP) is 4.72. The number of alkyl halides is 3. The van der Waals surface area contributed by atoms with E-state index in [9.17, 15) is 28.1 Å². The number of rotatable bonds is 6. The van der Waals surface area contributed by atoms with Crippen LogP contribution in [0.25, 0.3) is 0 Å². The number of halogens is 3. The Morgan fingerprint density at radius 2 is 1.88 bits per heavy atom. The number of nitrogens with one attached hydrogen (secondary N) is 1. The molecule has 7 nitrogen and oxygen atoms in total. The Bertz CT molecular complexity index is 989. The normalized spacial score (nSPS) is 15.8. The third-order valence-electron chi connectivity index (χ3n) is 5.67. The van der Waals surface area contributed by atoms with Crippen molar-refractivity contribution in [3.05, 3.63) is 63.7 Å². The topological polar surface area (TPSA) is 84.7 Å². The molecule has 0 bridgehead atoms. The van der Waals surface area contributed by atoms with Crippen LogP contribution in [0.2, 0.25) is 0 Å². The molecule has 1 atom stereocenters. The lowest BCUT2D eigenvalue weighted by molar-refractivity contribution is -0.384. The van der Waals surface area contributed by atoms with E-state index in [-0.39, 0.29) is 23.6 Å². The summed E-state index contributed by atoms with van der Waals surface area (Å²) in [6, 6.07) is 9.64. The first-order valence-electron chi connectivity index (χ1n) is 10.2. The maximum Gasteiger partial charge on any atom is 0.416 e. The number of amides is 1. The Hall–Kier alpha value is -3.30. The van der Waals surface area contributed by atoms with Crippen molar-refractivity contribution in [2.75, 3.05) is 25.1 Å². The van der Waals surface area contributed by atoms with Crippen LogP contribution in [0.3, 0.4) is 0 Å². The zero-order valence-corrected chi connectivity index (χ0v) is 17.7. The van der Waals surface area contributed by atoms with Gasteiger partial charge in [0, 0.05) is 30.6 Å². The Balaban J connectivity index is 1.66. The Morgan fingerprint density at radius 3 is 2.47 bits per heavy atom. The van der Waals surface area contributed by atoms with Gasteiger partial charge in [-0.3, -0.25) is 14.9 Å². The van der Waals surface area contributed by atoms with Gasteiger partial charge >= 0.3 is 6.18 Å². The SMILES string of the molecule is COc1ccccc1[C@H](C)NC(=O)C1CCN(c2ccc(C(F)(F)F)cc2[N+](=O)[O-])CC1. The highest BCUT2D eigenvalue weighted by Gasteiger charge is 2.35. The molecule has 1 fully saturated rings. The van der Waals surface area contributed by atoms with Gasteiger partial charge in [-0.2, -0.15) is 13.2 Å². The van der Waals surface area contributed by atoms with Crippen molar-refractivity contribution in [2.45, 2.75) is 32.0 Å². The molecule has 0 aliphatic carbocycles. The number of hydrogen-bond acceptors (Lipinski definition) is 5. The molecule has 1 aliphatic rings. The fourth-order valence-electron chi connectivity index (χ4n) is 3.93. The van der Waals surface area contributed by atoms with Crippen molar-refractivity contribution in [1.82, 2.24) is 5.32 Å². The van der Waals surface area contributed by atoms with E-state index in [1.807, 2.05) is 31.2 Å². The molecule has 1 N–H and O–H groups in total. The number of carbonyl (C=O) groups excluding carboxylic acids is 1. The average molecular weight is 451 g/mol. The fourth-order valence-corrected chi connectivity index (χ4v) is 3.93. The number of ether oxygens (including phenoxy) is 1. The zero-order valence-electron chi connectivity index (χ0n) is 17.7. The van der Waals surface area contributed by atoms with Crippen LogP contribution in [-0.4, -0.2) is 31.0 Å². The summed E-state index contributed by atoms with van der Waals surface area (Å²) < 4.78 is 44.1. The number of nitro benzene ring substituents is 1. The molecule has 0 radical (unpaired) electrons. The molecule has 1 saturated heterocycles. The highest BCUT2D eigenvalue weighted by Crippen LogP contribution is 2.37. The van der Waals surface area contributed by atoms with Gasteiger partial charge < -0.3 is 15.0 Å². The lowest BCUT2D eigenvalue weighted by Crippen LogP contribution is -2.41. The minimum absolute atomic E-state index is 0.129. The molecule has 3 rings (SSSR count). The predicted molar refractivity (Wildman–Crippen MR) is 113 cm³/mol. The van der Waals surface area contributed by atoms with Crippen LogP contribution in [0.1, 0.15) is 36.9 Å². The van der Waals surface area contributed by atoms with Gasteiger partial charge in [0.05, 0.1) is 23.6 Å². The van der Waals surface area contributed by atoms with E-state index < -0.39 is 22.4 Å². The quantitative estimate of drug-likeness (QED) is 0.508. The van der Waals surface area contributed by atoms with Gasteiger partial charge in [0.25, 0.3) is 5.69 Å². The molecule has 0 aromatic heterocycles. The van der Waals surface area contributed by atoms with Gasteiger partial charge in [-0.15, -0.1) is 0 Å². The number of hydrogen-bond donors (Lipinski definition) is 1. The maximum absolute atomic E-state index is 12.9. The van der Waals surface area contributed by atoms with Crippen molar-refractivity contribution in [3.8, 4) is 5.75 Å². The number of nitro groups is 1. The van der Waals surface area contributed by atoms with E-state index in [4.69, 9.17) is 4.74 Å². The molecule has 1 aliphatic heterocycles. The van der Waals surface area contributed by atoms with Crippen molar-refractivity contribution in [2.24, 2.45) is 5.92 Å². The lowest BCUT2D eigenvalue weighted by atomic mass is 9.94. The zero-order chi connectivity index (χ0) is 23.5. The molecule has 1 amide bonds. The van der Waals surface area contributed by atoms with Gasteiger partial charge in [-0.05, 0) is 38.0 Å². The number of benzene rings is 2. The molecular weight excluding hydrogens is 427 g/mol. The maximum atomic E-state index is 12.9. The van der Waals surface area contributed by atoms with Crippen LogP contribution in [0.15, 0.2) is 42.5 Å². The summed E-state index contributed by atoms with van der Waals surface area (Å²) in [5.74, 6) is 0.242. The fraction of sp³-hybridized carbons (Fsp3) is 0.409. The van der Waals surface area contributed by atoms with E-state index in [0.29, 0.717) is 37.7 Å². The third-order valence-corrected chi connectivity index (χ3v) is 5.67. The van der Waals surface area contributed by atoms with Crippen molar-refractivity contribution in [3.63, 3.8) is 0 Å². The van der Waals surface area contributed by atoms with E-state index in [2.05, 4.69) is 5.32 Å². The number of piperidine rings is 1. The molecule has 2 aromatic carbocycles. The van der Waals surface area contributed by atoms with Crippen LogP contribution >= 0.6 is 0 Å². The summed E-state index contributed by atoms with van der Waals surface area (Å²) in [5, 5.41) is 14.3. The summed E-state index contributed by atoms with van der Waals surface area (Å²) in [6.07, 6.45) is -3.79. The Kier molecular flexibility index (Phi) is 6.90. The molecule has 0 spiro atoms. The summed E-state index contributed by atoms with van der Waals surface area (Å²) in [7, 11) is 1.56. The van der Waals surface area contributed by atoms with Crippen LogP contribution in [0.4, 0.5) is 24.5 Å². The minimum Gasteiger partial charge on any atom is -0.496 e. The van der Waals surface area contributed by atoms with E-state index >= 15 is 0 Å². The van der Waals surface area contributed by atoms with Gasteiger partial charge in [0.1, 0.15) is 11.4 Å². The molecule has 2 aromatic rings. The summed E-state index contributed by atoms with van der Waals surface area (Å²) in [5.41, 5.74) is -0.675. The van der Waals surface area contributed by atoms with Gasteiger partial charge in [0.15, 0.2) is 0 Å². The number of nitrogens with zero attached hydrogens (tertiary/aromatic N) is 2. The van der Waals surface area contributed by atoms with Crippen molar-refractivity contribution < 1.29 is 27.6 Å². The standard InChI is InChI=1S/C22H24F3N3O4/c1-14(17-5-3-4-6-20(17)32-2)26-21(29)15-9-11-27(12-10-15)18-8-7-16(22(23,24)25)13-19(18)28(30)31/h3-8,13-15H,9-12H2,1-2H3,(H,26,29)/t14-/m0/s1. The van der Waals surface area contributed by atoms with Crippen molar-refractivity contribution in [1.29, 1.82) is 0 Å². The largest absolute Gasteiger partial charge is 0.496 e. The first kappa shape index (κ1) is 23.4. The van der Waals surface area contributed by atoms with Crippen LogP contribution in [-0.2, 0) is 11.0 Å². The minimum atomic E-state index is -4.66. The van der Waals surface area contributed by atoms with Gasteiger partial charge in [-0.1, -0.05) is 18.2 Å². The van der Waals surface area contributed by atoms with Crippen LogP contribution in [0, 0.1) is 16.0 Å². The highest BCUT2D eigenvalue weighted by molar-refractivity contribution is 5.79. The second-order valence-electron chi connectivity index (χ2n) is 7.69. The van der Waals surface area contributed by atoms with Gasteiger partial charge in [-0.25, -0.2) is 0 Å².